The third-order valence-electron chi connectivity index (χ3n) is 5.79. The molecule has 0 radical (unpaired) electrons. The Labute approximate surface area is 198 Å². The molecular weight excluding hydrogens is 436 g/mol. The fourth-order valence-corrected chi connectivity index (χ4v) is 4.00. The van der Waals surface area contributed by atoms with Crippen molar-refractivity contribution in [2.75, 3.05) is 34.5 Å². The number of amides is 3. The molecule has 1 N–H and O–H groups in total. The van der Waals surface area contributed by atoms with E-state index in [1.54, 1.807) is 82.0 Å². The second-order valence-electron chi connectivity index (χ2n) is 7.59. The van der Waals surface area contributed by atoms with Gasteiger partial charge in [-0.1, -0.05) is 36.4 Å². The highest BCUT2D eigenvalue weighted by Gasteiger charge is 2.53. The van der Waals surface area contributed by atoms with Crippen molar-refractivity contribution in [3.05, 3.63) is 83.9 Å². The lowest BCUT2D eigenvalue weighted by Crippen LogP contribution is -2.45. The van der Waals surface area contributed by atoms with E-state index in [-0.39, 0.29) is 13.2 Å². The molecule has 1 aliphatic rings. The van der Waals surface area contributed by atoms with Gasteiger partial charge in [0.2, 0.25) is 0 Å². The molecule has 8 nitrogen and oxygen atoms in total. The van der Waals surface area contributed by atoms with Crippen LogP contribution in [0.2, 0.25) is 0 Å². The molecule has 0 aromatic heterocycles. The lowest BCUT2D eigenvalue weighted by atomic mass is 9.82. The molecule has 34 heavy (non-hydrogen) atoms. The van der Waals surface area contributed by atoms with Crippen LogP contribution >= 0.6 is 0 Å². The van der Waals surface area contributed by atoms with Crippen LogP contribution in [0.5, 0.6) is 23.0 Å². The number of imide groups is 1. The van der Waals surface area contributed by atoms with Gasteiger partial charge in [0.15, 0.2) is 17.0 Å². The fraction of sp³-hybridized carbons (Fsp3) is 0.231. The van der Waals surface area contributed by atoms with Gasteiger partial charge < -0.3 is 24.3 Å². The molecule has 1 saturated heterocycles. The molecule has 0 spiro atoms. The molecule has 4 rings (SSSR count). The largest absolute Gasteiger partial charge is 0.497 e. The van der Waals surface area contributed by atoms with Gasteiger partial charge in [-0.05, 0) is 47.5 Å². The lowest BCUT2D eigenvalue weighted by molar-refractivity contribution is -0.130. The Hall–Kier alpha value is -4.20. The van der Waals surface area contributed by atoms with Gasteiger partial charge >= 0.3 is 6.03 Å². The van der Waals surface area contributed by atoms with Crippen LogP contribution in [-0.4, -0.2) is 51.3 Å². The number of para-hydroxylation sites is 2. The number of hydrogen-bond acceptors (Lipinski definition) is 6. The van der Waals surface area contributed by atoms with Crippen LogP contribution in [-0.2, 0) is 10.3 Å². The quantitative estimate of drug-likeness (QED) is 0.489. The van der Waals surface area contributed by atoms with Crippen LogP contribution in [0.15, 0.2) is 72.8 Å². The van der Waals surface area contributed by atoms with E-state index in [0.29, 0.717) is 34.1 Å². The number of methoxy groups -OCH3 is 3. The third-order valence-corrected chi connectivity index (χ3v) is 5.79. The molecule has 1 heterocycles. The first-order valence-corrected chi connectivity index (χ1v) is 10.7. The smallest absolute Gasteiger partial charge is 0.325 e. The van der Waals surface area contributed by atoms with E-state index < -0.39 is 17.5 Å². The SMILES string of the molecule is COc1ccc(C2(c3ccc(OC)cc3)NC(=O)N(CCOc3ccccc3OC)C2=O)cc1. The number of benzene rings is 3. The topological polar surface area (TPSA) is 86.3 Å². The minimum atomic E-state index is -1.39. The first-order chi connectivity index (χ1) is 16.5. The molecular formula is C26H26N2O6. The summed E-state index contributed by atoms with van der Waals surface area (Å²) in [6.07, 6.45) is 0. The summed E-state index contributed by atoms with van der Waals surface area (Å²) in [6.45, 7) is 0.178. The first kappa shape index (κ1) is 23.0. The molecule has 176 valence electrons. The van der Waals surface area contributed by atoms with Crippen molar-refractivity contribution in [2.45, 2.75) is 5.54 Å². The Bertz CT molecular complexity index is 1110. The van der Waals surface area contributed by atoms with Crippen LogP contribution in [0.3, 0.4) is 0 Å². The zero-order valence-electron chi connectivity index (χ0n) is 19.2. The van der Waals surface area contributed by atoms with Crippen molar-refractivity contribution in [1.82, 2.24) is 10.2 Å². The Kier molecular flexibility index (Phi) is 6.58. The van der Waals surface area contributed by atoms with Crippen molar-refractivity contribution in [2.24, 2.45) is 0 Å². The van der Waals surface area contributed by atoms with Gasteiger partial charge in [0, 0.05) is 0 Å². The van der Waals surface area contributed by atoms with E-state index >= 15 is 0 Å². The molecule has 8 heteroatoms. The third kappa shape index (κ3) is 4.10. The molecule has 3 aromatic carbocycles. The predicted octanol–water partition coefficient (Wildman–Crippen LogP) is 3.59. The summed E-state index contributed by atoms with van der Waals surface area (Å²) < 4.78 is 21.6. The summed E-state index contributed by atoms with van der Waals surface area (Å²) in [5.74, 6) is 2.01. The number of nitrogens with one attached hydrogen (secondary N) is 1. The molecule has 1 fully saturated rings. The van der Waals surface area contributed by atoms with Crippen molar-refractivity contribution < 1.29 is 28.5 Å². The number of rotatable bonds is 9. The number of carbonyl (C=O) groups is 2. The molecule has 0 saturated carbocycles. The van der Waals surface area contributed by atoms with Crippen molar-refractivity contribution >= 4 is 11.9 Å². The number of nitrogens with zero attached hydrogens (tertiary/aromatic N) is 1. The van der Waals surface area contributed by atoms with Gasteiger partial charge in [0.05, 0.1) is 27.9 Å². The zero-order valence-corrected chi connectivity index (χ0v) is 19.2. The Balaban J connectivity index is 1.63. The predicted molar refractivity (Wildman–Crippen MR) is 126 cm³/mol. The summed E-state index contributed by atoms with van der Waals surface area (Å²) in [7, 11) is 4.69. The highest BCUT2D eigenvalue weighted by molar-refractivity contribution is 6.09. The van der Waals surface area contributed by atoms with Gasteiger partial charge in [0.1, 0.15) is 18.1 Å². The maximum Gasteiger partial charge on any atom is 0.325 e. The number of ether oxygens (including phenoxy) is 4. The monoisotopic (exact) mass is 462 g/mol. The summed E-state index contributed by atoms with van der Waals surface area (Å²) >= 11 is 0. The average Bonchev–Trinajstić information content (AvgIpc) is 3.14. The molecule has 0 unspecified atom stereocenters. The van der Waals surface area contributed by atoms with E-state index in [9.17, 15) is 9.59 Å². The second-order valence-corrected chi connectivity index (χ2v) is 7.59. The lowest BCUT2D eigenvalue weighted by Gasteiger charge is -2.28. The zero-order chi connectivity index (χ0) is 24.1. The van der Waals surface area contributed by atoms with E-state index in [2.05, 4.69) is 5.32 Å². The van der Waals surface area contributed by atoms with Crippen molar-refractivity contribution in [3.8, 4) is 23.0 Å². The van der Waals surface area contributed by atoms with Crippen molar-refractivity contribution in [1.29, 1.82) is 0 Å². The standard InChI is InChI=1S/C26H26N2O6/c1-31-20-12-8-18(9-13-20)26(19-10-14-21(32-2)15-11-19)24(29)28(25(30)27-26)16-17-34-23-7-5-4-6-22(23)33-3/h4-15H,16-17H2,1-3H3,(H,27,30). The van der Waals surface area contributed by atoms with Gasteiger partial charge in [0.25, 0.3) is 5.91 Å². The highest BCUT2D eigenvalue weighted by atomic mass is 16.5. The number of carbonyl (C=O) groups excluding carboxylic acids is 2. The van der Waals surface area contributed by atoms with Gasteiger partial charge in [-0.25, -0.2) is 4.79 Å². The van der Waals surface area contributed by atoms with Gasteiger partial charge in [-0.3, -0.25) is 9.69 Å². The van der Waals surface area contributed by atoms with E-state index in [1.807, 2.05) is 12.1 Å². The minimum absolute atomic E-state index is 0.0662. The maximum absolute atomic E-state index is 13.8. The normalized spacial score (nSPS) is 14.5. The first-order valence-electron chi connectivity index (χ1n) is 10.7. The Morgan fingerprint density at radius 1 is 0.735 bits per heavy atom. The molecule has 0 atom stereocenters. The molecule has 0 bridgehead atoms. The molecule has 1 aliphatic heterocycles. The fourth-order valence-electron chi connectivity index (χ4n) is 4.00. The number of hydrogen-bond donors (Lipinski definition) is 1. The summed E-state index contributed by atoms with van der Waals surface area (Å²) in [6, 6.07) is 20.8. The minimum Gasteiger partial charge on any atom is -0.497 e. The second kappa shape index (κ2) is 9.74. The van der Waals surface area contributed by atoms with Gasteiger partial charge in [-0.15, -0.1) is 0 Å². The maximum atomic E-state index is 13.8. The Morgan fingerprint density at radius 2 is 1.26 bits per heavy atom. The summed E-state index contributed by atoms with van der Waals surface area (Å²) in [5.41, 5.74) is -0.157. The number of urea groups is 1. The Morgan fingerprint density at radius 3 is 1.76 bits per heavy atom. The molecule has 0 aliphatic carbocycles. The van der Waals surface area contributed by atoms with Gasteiger partial charge in [-0.2, -0.15) is 0 Å². The summed E-state index contributed by atoms with van der Waals surface area (Å²) in [4.78, 5) is 28.0. The average molecular weight is 463 g/mol. The van der Waals surface area contributed by atoms with Crippen LogP contribution in [0.4, 0.5) is 4.79 Å². The van der Waals surface area contributed by atoms with E-state index in [4.69, 9.17) is 18.9 Å². The highest BCUT2D eigenvalue weighted by Crippen LogP contribution is 2.37. The molecule has 3 aromatic rings. The van der Waals surface area contributed by atoms with E-state index in [0.717, 1.165) is 0 Å². The summed E-state index contributed by atoms with van der Waals surface area (Å²) in [5, 5.41) is 2.92. The van der Waals surface area contributed by atoms with Crippen molar-refractivity contribution in [3.63, 3.8) is 0 Å². The van der Waals surface area contributed by atoms with Crippen LogP contribution in [0, 0.1) is 0 Å². The van der Waals surface area contributed by atoms with Crippen LogP contribution in [0.25, 0.3) is 0 Å². The van der Waals surface area contributed by atoms with E-state index in [1.165, 1.54) is 4.90 Å². The van der Waals surface area contributed by atoms with Crippen LogP contribution < -0.4 is 24.3 Å². The van der Waals surface area contributed by atoms with Crippen LogP contribution in [0.1, 0.15) is 11.1 Å². The molecule has 3 amide bonds.